The fourth-order valence-electron chi connectivity index (χ4n) is 2.35. The normalized spacial score (nSPS) is 20.9. The molecule has 1 atom stereocenters. The fraction of sp³-hybridized carbons (Fsp3) is 0.500. The summed E-state index contributed by atoms with van der Waals surface area (Å²) in [7, 11) is -3.91. The van der Waals surface area contributed by atoms with E-state index in [0.29, 0.717) is 12.8 Å². The number of hydrogen-bond donors (Lipinski definition) is 2. The zero-order chi connectivity index (χ0) is 15.6. The van der Waals surface area contributed by atoms with Crippen molar-refractivity contribution >= 4 is 15.7 Å². The maximum Gasteiger partial charge on any atom is 0.312 e. The van der Waals surface area contributed by atoms with E-state index in [9.17, 15) is 23.6 Å². The van der Waals surface area contributed by atoms with Crippen LogP contribution in [0.5, 0.6) is 5.75 Å². The van der Waals surface area contributed by atoms with Gasteiger partial charge in [-0.2, -0.15) is 4.31 Å². The third kappa shape index (κ3) is 3.14. The zero-order valence-corrected chi connectivity index (χ0v) is 12.1. The average Bonchev–Trinajstić information content (AvgIpc) is 2.63. The molecule has 3 N–H and O–H groups in total. The SMILES string of the molecule is NC1CCCCCN1S(=O)(=O)c1ccc(O)c([N+](=O)[O-])c1. The Hall–Kier alpha value is -1.71. The second-order valence-electron chi connectivity index (χ2n) is 4.94. The molecule has 1 aromatic carbocycles. The number of benzene rings is 1. The third-order valence-corrected chi connectivity index (χ3v) is 5.42. The Bertz CT molecular complexity index is 646. The van der Waals surface area contributed by atoms with Crippen molar-refractivity contribution in [1.82, 2.24) is 4.31 Å². The molecule has 0 spiro atoms. The number of nitro groups is 1. The summed E-state index contributed by atoms with van der Waals surface area (Å²) in [6.45, 7) is 0.290. The number of aromatic hydroxyl groups is 1. The van der Waals surface area contributed by atoms with Gasteiger partial charge in [0.2, 0.25) is 10.0 Å². The van der Waals surface area contributed by atoms with Crippen LogP contribution in [-0.2, 0) is 10.0 Å². The number of nitrogens with two attached hydrogens (primary N) is 1. The van der Waals surface area contributed by atoms with Gasteiger partial charge in [-0.25, -0.2) is 8.42 Å². The van der Waals surface area contributed by atoms with E-state index < -0.39 is 32.5 Å². The minimum absolute atomic E-state index is 0.232. The Morgan fingerprint density at radius 3 is 2.71 bits per heavy atom. The van der Waals surface area contributed by atoms with Gasteiger partial charge in [-0.1, -0.05) is 12.8 Å². The van der Waals surface area contributed by atoms with Crippen molar-refractivity contribution in [3.63, 3.8) is 0 Å². The number of phenolic OH excluding ortho intramolecular Hbond substituents is 1. The molecule has 0 radical (unpaired) electrons. The highest BCUT2D eigenvalue weighted by atomic mass is 32.2. The van der Waals surface area contributed by atoms with Gasteiger partial charge in [0.05, 0.1) is 16.0 Å². The van der Waals surface area contributed by atoms with Crippen molar-refractivity contribution in [2.45, 2.75) is 36.7 Å². The zero-order valence-electron chi connectivity index (χ0n) is 11.3. The van der Waals surface area contributed by atoms with Gasteiger partial charge in [-0.15, -0.1) is 0 Å². The summed E-state index contributed by atoms with van der Waals surface area (Å²) in [5.41, 5.74) is 5.25. The molecule has 9 heteroatoms. The summed E-state index contributed by atoms with van der Waals surface area (Å²) in [5, 5.41) is 20.2. The van der Waals surface area contributed by atoms with Crippen molar-refractivity contribution in [2.75, 3.05) is 6.54 Å². The van der Waals surface area contributed by atoms with E-state index in [2.05, 4.69) is 0 Å². The lowest BCUT2D eigenvalue weighted by atomic mass is 10.2. The molecule has 1 aromatic rings. The predicted octanol–water partition coefficient (Wildman–Crippen LogP) is 1.15. The Kier molecular flexibility index (Phi) is 4.45. The van der Waals surface area contributed by atoms with Crippen LogP contribution in [0.4, 0.5) is 5.69 Å². The van der Waals surface area contributed by atoms with E-state index in [0.717, 1.165) is 31.0 Å². The number of sulfonamides is 1. The van der Waals surface area contributed by atoms with Crippen LogP contribution in [0, 0.1) is 10.1 Å². The van der Waals surface area contributed by atoms with Crippen LogP contribution in [0.25, 0.3) is 0 Å². The van der Waals surface area contributed by atoms with Crippen molar-refractivity contribution in [3.8, 4) is 5.75 Å². The lowest BCUT2D eigenvalue weighted by Gasteiger charge is -2.25. The minimum atomic E-state index is -3.91. The van der Waals surface area contributed by atoms with Crippen LogP contribution in [0.3, 0.4) is 0 Å². The van der Waals surface area contributed by atoms with Crippen LogP contribution in [0.1, 0.15) is 25.7 Å². The third-order valence-electron chi connectivity index (χ3n) is 3.50. The van der Waals surface area contributed by atoms with Gasteiger partial charge in [-0.3, -0.25) is 10.1 Å². The number of phenols is 1. The van der Waals surface area contributed by atoms with Crippen molar-refractivity contribution in [2.24, 2.45) is 5.73 Å². The van der Waals surface area contributed by atoms with Gasteiger partial charge in [0.25, 0.3) is 0 Å². The van der Waals surface area contributed by atoms with E-state index in [-0.39, 0.29) is 11.4 Å². The first-order valence-electron chi connectivity index (χ1n) is 6.59. The van der Waals surface area contributed by atoms with Gasteiger partial charge >= 0.3 is 5.69 Å². The minimum Gasteiger partial charge on any atom is -0.502 e. The second kappa shape index (κ2) is 5.96. The highest BCUT2D eigenvalue weighted by Crippen LogP contribution is 2.30. The fourth-order valence-corrected chi connectivity index (χ4v) is 3.95. The first-order valence-corrected chi connectivity index (χ1v) is 8.03. The number of nitrogens with zero attached hydrogens (tertiary/aromatic N) is 2. The molecular weight excluding hydrogens is 298 g/mol. The Morgan fingerprint density at radius 1 is 1.33 bits per heavy atom. The molecule has 116 valence electrons. The summed E-state index contributed by atoms with van der Waals surface area (Å²) in [6.07, 6.45) is 2.37. The van der Waals surface area contributed by atoms with Crippen LogP contribution in [-0.4, -0.2) is 35.5 Å². The van der Waals surface area contributed by atoms with Gasteiger partial charge in [0.15, 0.2) is 5.75 Å². The molecular formula is C12H17N3O5S. The average molecular weight is 315 g/mol. The molecule has 21 heavy (non-hydrogen) atoms. The lowest BCUT2D eigenvalue weighted by molar-refractivity contribution is -0.386. The first kappa shape index (κ1) is 15.7. The molecule has 0 aliphatic carbocycles. The summed E-state index contributed by atoms with van der Waals surface area (Å²) in [5.74, 6) is -0.570. The molecule has 1 heterocycles. The molecule has 0 aromatic heterocycles. The van der Waals surface area contributed by atoms with Crippen molar-refractivity contribution in [1.29, 1.82) is 0 Å². The van der Waals surface area contributed by atoms with Gasteiger partial charge in [0.1, 0.15) is 0 Å². The van der Waals surface area contributed by atoms with Crippen molar-refractivity contribution < 1.29 is 18.4 Å². The number of rotatable bonds is 3. The molecule has 2 rings (SSSR count). The van der Waals surface area contributed by atoms with Crippen molar-refractivity contribution in [3.05, 3.63) is 28.3 Å². The van der Waals surface area contributed by atoms with E-state index in [4.69, 9.17) is 5.73 Å². The van der Waals surface area contributed by atoms with E-state index in [1.807, 2.05) is 0 Å². The molecule has 1 fully saturated rings. The molecule has 1 aliphatic heterocycles. The molecule has 1 unspecified atom stereocenters. The molecule has 1 aliphatic rings. The number of hydrogen-bond acceptors (Lipinski definition) is 6. The number of nitro benzene ring substituents is 1. The van der Waals surface area contributed by atoms with Gasteiger partial charge < -0.3 is 10.8 Å². The van der Waals surface area contributed by atoms with Crippen LogP contribution in [0.15, 0.2) is 23.1 Å². The molecule has 8 nitrogen and oxygen atoms in total. The Morgan fingerprint density at radius 2 is 2.05 bits per heavy atom. The van der Waals surface area contributed by atoms with Crippen LogP contribution >= 0.6 is 0 Å². The maximum atomic E-state index is 12.6. The quantitative estimate of drug-likeness (QED) is 0.636. The summed E-state index contributed by atoms with van der Waals surface area (Å²) < 4.78 is 26.3. The first-order chi connectivity index (χ1) is 9.84. The smallest absolute Gasteiger partial charge is 0.312 e. The Balaban J connectivity index is 2.43. The standard InChI is InChI=1S/C12H17N3O5S/c13-12-4-2-1-3-7-14(12)21(19,20)9-5-6-11(16)10(8-9)15(17)18/h5-6,8,12,16H,1-4,7,13H2. The highest BCUT2D eigenvalue weighted by molar-refractivity contribution is 7.89. The van der Waals surface area contributed by atoms with Crippen LogP contribution < -0.4 is 5.73 Å². The molecule has 0 bridgehead atoms. The lowest BCUT2D eigenvalue weighted by Crippen LogP contribution is -2.45. The summed E-state index contributed by atoms with van der Waals surface area (Å²) in [6, 6.07) is 3.02. The predicted molar refractivity (Wildman–Crippen MR) is 75.1 cm³/mol. The largest absolute Gasteiger partial charge is 0.502 e. The van der Waals surface area contributed by atoms with E-state index in [1.165, 1.54) is 4.31 Å². The molecule has 1 saturated heterocycles. The highest BCUT2D eigenvalue weighted by Gasteiger charge is 2.32. The molecule has 0 saturated carbocycles. The van der Waals surface area contributed by atoms with E-state index >= 15 is 0 Å². The second-order valence-corrected chi connectivity index (χ2v) is 6.83. The summed E-state index contributed by atoms with van der Waals surface area (Å²) in [4.78, 5) is 9.75. The summed E-state index contributed by atoms with van der Waals surface area (Å²) >= 11 is 0. The molecule has 0 amide bonds. The maximum absolute atomic E-state index is 12.6. The van der Waals surface area contributed by atoms with Gasteiger partial charge in [0, 0.05) is 12.6 Å². The van der Waals surface area contributed by atoms with E-state index in [1.54, 1.807) is 0 Å². The van der Waals surface area contributed by atoms with Gasteiger partial charge in [-0.05, 0) is 25.0 Å². The Labute approximate surface area is 122 Å². The van der Waals surface area contributed by atoms with Crippen LogP contribution in [0.2, 0.25) is 0 Å². The monoisotopic (exact) mass is 315 g/mol. The topological polar surface area (TPSA) is 127 Å².